The third-order valence-corrected chi connectivity index (χ3v) is 6.60. The Morgan fingerprint density at radius 1 is 0.786 bits per heavy atom. The summed E-state index contributed by atoms with van der Waals surface area (Å²) in [4.78, 5) is 2.61. The molecule has 0 radical (unpaired) electrons. The van der Waals surface area contributed by atoms with Crippen LogP contribution in [0.4, 0.5) is 0 Å². The van der Waals surface area contributed by atoms with E-state index in [2.05, 4.69) is 41.3 Å². The Morgan fingerprint density at radius 2 is 1.54 bits per heavy atom. The summed E-state index contributed by atoms with van der Waals surface area (Å²) in [5.74, 6) is 3.49. The van der Waals surface area contributed by atoms with Crippen molar-refractivity contribution in [2.45, 2.75) is 25.4 Å². The Balaban J connectivity index is 1.35. The molecular formula is C23H19NO4. The van der Waals surface area contributed by atoms with Gasteiger partial charge in [-0.15, -0.1) is 0 Å². The number of benzene rings is 3. The van der Waals surface area contributed by atoms with Gasteiger partial charge in [-0.2, -0.15) is 0 Å². The van der Waals surface area contributed by atoms with E-state index in [4.69, 9.17) is 18.9 Å². The van der Waals surface area contributed by atoms with Gasteiger partial charge in [-0.1, -0.05) is 12.1 Å². The van der Waals surface area contributed by atoms with Gasteiger partial charge in [0, 0.05) is 19.1 Å². The average Bonchev–Trinajstić information content (AvgIpc) is 3.37. The fraction of sp³-hybridized carbons (Fsp3) is 0.304. The van der Waals surface area contributed by atoms with Crippen molar-refractivity contribution in [3.8, 4) is 23.0 Å². The topological polar surface area (TPSA) is 40.2 Å². The van der Waals surface area contributed by atoms with Crippen molar-refractivity contribution in [3.05, 3.63) is 58.7 Å². The van der Waals surface area contributed by atoms with Crippen LogP contribution in [0, 0.1) is 0 Å². The Hall–Kier alpha value is -2.92. The lowest BCUT2D eigenvalue weighted by molar-refractivity contribution is 0.161. The van der Waals surface area contributed by atoms with Crippen LogP contribution in [-0.4, -0.2) is 25.0 Å². The van der Waals surface area contributed by atoms with E-state index < -0.39 is 0 Å². The molecule has 0 amide bonds. The van der Waals surface area contributed by atoms with Crippen LogP contribution in [-0.2, 0) is 19.4 Å². The van der Waals surface area contributed by atoms with Crippen LogP contribution in [0.2, 0.25) is 0 Å². The van der Waals surface area contributed by atoms with E-state index in [9.17, 15) is 0 Å². The molecule has 7 rings (SSSR count). The summed E-state index contributed by atoms with van der Waals surface area (Å²) in [6.45, 7) is 2.68. The first-order valence-corrected chi connectivity index (χ1v) is 9.84. The van der Waals surface area contributed by atoms with Gasteiger partial charge in [-0.3, -0.25) is 4.90 Å². The molecule has 140 valence electrons. The van der Waals surface area contributed by atoms with Gasteiger partial charge in [0.15, 0.2) is 23.0 Å². The molecule has 0 fully saturated rings. The highest BCUT2D eigenvalue weighted by Gasteiger charge is 2.34. The second kappa shape index (κ2) is 5.32. The van der Waals surface area contributed by atoms with E-state index in [0.29, 0.717) is 19.6 Å². The maximum atomic E-state index is 5.65. The fourth-order valence-corrected chi connectivity index (χ4v) is 5.18. The third-order valence-electron chi connectivity index (χ3n) is 6.60. The van der Waals surface area contributed by atoms with Crippen molar-refractivity contribution in [1.29, 1.82) is 0 Å². The van der Waals surface area contributed by atoms with E-state index in [1.807, 2.05) is 0 Å². The van der Waals surface area contributed by atoms with Gasteiger partial charge in [0.25, 0.3) is 0 Å². The van der Waals surface area contributed by atoms with Gasteiger partial charge in [0.2, 0.25) is 13.6 Å². The molecule has 1 unspecified atom stereocenters. The molecule has 0 aromatic heterocycles. The van der Waals surface area contributed by atoms with Crippen LogP contribution < -0.4 is 18.9 Å². The molecule has 1 atom stereocenters. The van der Waals surface area contributed by atoms with Crippen molar-refractivity contribution in [2.75, 3.05) is 20.1 Å². The van der Waals surface area contributed by atoms with Crippen LogP contribution in [0.5, 0.6) is 23.0 Å². The molecule has 0 N–H and O–H groups in total. The average molecular weight is 373 g/mol. The number of ether oxygens (including phenoxy) is 4. The number of rotatable bonds is 0. The Bertz CT molecular complexity index is 1160. The van der Waals surface area contributed by atoms with Gasteiger partial charge in [-0.05, 0) is 70.1 Å². The maximum Gasteiger partial charge on any atom is 0.231 e. The van der Waals surface area contributed by atoms with Gasteiger partial charge >= 0.3 is 0 Å². The lowest BCUT2D eigenvalue weighted by Crippen LogP contribution is -2.39. The first-order chi connectivity index (χ1) is 13.8. The third kappa shape index (κ3) is 2.00. The quantitative estimate of drug-likeness (QED) is 0.597. The predicted molar refractivity (Wildman–Crippen MR) is 103 cm³/mol. The van der Waals surface area contributed by atoms with Crippen molar-refractivity contribution in [3.63, 3.8) is 0 Å². The molecular weight excluding hydrogens is 354 g/mol. The van der Waals surface area contributed by atoms with E-state index in [1.165, 1.54) is 33.0 Å². The first kappa shape index (κ1) is 15.1. The summed E-state index contributed by atoms with van der Waals surface area (Å²) in [7, 11) is 0. The largest absolute Gasteiger partial charge is 0.454 e. The SMILES string of the molecule is c1cc2cc3c(cc2c2c1CC1c4cc5c(cc4CCN1C2)OCO5)OCO3. The van der Waals surface area contributed by atoms with Gasteiger partial charge in [0.05, 0.1) is 0 Å². The minimum Gasteiger partial charge on any atom is -0.454 e. The minimum atomic E-state index is 0.314. The zero-order valence-electron chi connectivity index (χ0n) is 15.4. The second-order valence-electron chi connectivity index (χ2n) is 7.97. The van der Waals surface area contributed by atoms with E-state index in [0.717, 1.165) is 48.9 Å². The van der Waals surface area contributed by atoms with E-state index >= 15 is 0 Å². The Labute approximate surface area is 162 Å². The predicted octanol–water partition coefficient (Wildman–Crippen LogP) is 3.95. The van der Waals surface area contributed by atoms with Gasteiger partial charge in [-0.25, -0.2) is 0 Å². The highest BCUT2D eigenvalue weighted by atomic mass is 16.7. The molecule has 0 bridgehead atoms. The van der Waals surface area contributed by atoms with E-state index in [-0.39, 0.29) is 0 Å². The first-order valence-electron chi connectivity index (χ1n) is 9.84. The summed E-state index contributed by atoms with van der Waals surface area (Å²) in [5.41, 5.74) is 5.65. The molecule has 4 aliphatic heterocycles. The summed E-state index contributed by atoms with van der Waals surface area (Å²) in [6.07, 6.45) is 2.07. The molecule has 0 spiro atoms. The molecule has 0 aliphatic carbocycles. The van der Waals surface area contributed by atoms with Crippen LogP contribution >= 0.6 is 0 Å². The highest BCUT2D eigenvalue weighted by molar-refractivity contribution is 5.90. The molecule has 0 saturated carbocycles. The summed E-state index contributed by atoms with van der Waals surface area (Å²) in [5, 5.41) is 2.51. The van der Waals surface area contributed by atoms with Crippen molar-refractivity contribution >= 4 is 10.8 Å². The summed E-state index contributed by atoms with van der Waals surface area (Å²) in [6, 6.07) is 13.6. The zero-order chi connectivity index (χ0) is 18.2. The van der Waals surface area contributed by atoms with Crippen molar-refractivity contribution in [1.82, 2.24) is 4.90 Å². The molecule has 3 aromatic rings. The van der Waals surface area contributed by atoms with Gasteiger partial charge < -0.3 is 18.9 Å². The number of hydrogen-bond donors (Lipinski definition) is 0. The summed E-state index contributed by atoms with van der Waals surface area (Å²) >= 11 is 0. The zero-order valence-corrected chi connectivity index (χ0v) is 15.4. The molecule has 4 aliphatic rings. The van der Waals surface area contributed by atoms with Crippen molar-refractivity contribution in [2.24, 2.45) is 0 Å². The van der Waals surface area contributed by atoms with Crippen LogP contribution in [0.25, 0.3) is 10.8 Å². The number of nitrogens with zero attached hydrogens (tertiary/aromatic N) is 1. The normalized spacial score (nSPS) is 21.4. The smallest absolute Gasteiger partial charge is 0.231 e. The van der Waals surface area contributed by atoms with Crippen LogP contribution in [0.15, 0.2) is 36.4 Å². The number of fused-ring (bicyclic) bond motifs is 8. The molecule has 3 aromatic carbocycles. The maximum absolute atomic E-state index is 5.65. The van der Waals surface area contributed by atoms with E-state index in [1.54, 1.807) is 0 Å². The second-order valence-corrected chi connectivity index (χ2v) is 7.97. The minimum absolute atomic E-state index is 0.314. The Kier molecular flexibility index (Phi) is 2.86. The van der Waals surface area contributed by atoms with Gasteiger partial charge in [0.1, 0.15) is 0 Å². The molecule has 4 heterocycles. The molecule has 0 saturated heterocycles. The lowest BCUT2D eigenvalue weighted by Gasteiger charge is -2.41. The fourth-order valence-electron chi connectivity index (χ4n) is 5.18. The van der Waals surface area contributed by atoms with Crippen LogP contribution in [0.1, 0.15) is 28.3 Å². The highest BCUT2D eigenvalue weighted by Crippen LogP contribution is 2.46. The summed E-state index contributed by atoms with van der Waals surface area (Å²) < 4.78 is 22.4. The monoisotopic (exact) mass is 373 g/mol. The van der Waals surface area contributed by atoms with Crippen molar-refractivity contribution < 1.29 is 18.9 Å². The number of hydrogen-bond acceptors (Lipinski definition) is 5. The standard InChI is InChI=1S/C23H19NO4/c1-2-14-6-20-22(27-11-25-20)8-16(14)18-10-24-4-3-15-7-21-23(28-12-26-21)9-17(15)19(24)5-13(1)18/h1-2,6-9,19H,3-5,10-12H2. The van der Waals surface area contributed by atoms with Crippen LogP contribution in [0.3, 0.4) is 0 Å². The molecule has 5 heteroatoms. The molecule has 28 heavy (non-hydrogen) atoms. The lowest BCUT2D eigenvalue weighted by atomic mass is 9.82. The Morgan fingerprint density at radius 3 is 2.39 bits per heavy atom. The molecule has 5 nitrogen and oxygen atoms in total.